The summed E-state index contributed by atoms with van der Waals surface area (Å²) < 4.78 is 10.5. The first-order valence-electron chi connectivity index (χ1n) is 8.10. The van der Waals surface area contributed by atoms with Crippen LogP contribution in [0.15, 0.2) is 24.3 Å². The zero-order chi connectivity index (χ0) is 15.8. The van der Waals surface area contributed by atoms with Gasteiger partial charge in [0.15, 0.2) is 0 Å². The third kappa shape index (κ3) is 4.63. The maximum Gasteiger partial charge on any atom is 0.328 e. The van der Waals surface area contributed by atoms with Crippen molar-refractivity contribution in [3.05, 3.63) is 24.3 Å². The number of anilines is 2. The summed E-state index contributed by atoms with van der Waals surface area (Å²) >= 11 is 0. The van der Waals surface area contributed by atoms with Crippen LogP contribution in [-0.2, 0) is 14.3 Å². The van der Waals surface area contributed by atoms with E-state index in [4.69, 9.17) is 9.47 Å². The molecule has 1 saturated heterocycles. The second kappa shape index (κ2) is 8.63. The lowest BCUT2D eigenvalue weighted by atomic mass is 10.1. The maximum absolute atomic E-state index is 11.9. The summed E-state index contributed by atoms with van der Waals surface area (Å²) in [5, 5.41) is 3.28. The Hall–Kier alpha value is -1.75. The quantitative estimate of drug-likeness (QED) is 0.785. The molecule has 22 heavy (non-hydrogen) atoms. The highest BCUT2D eigenvalue weighted by atomic mass is 16.5. The minimum absolute atomic E-state index is 0.179. The summed E-state index contributed by atoms with van der Waals surface area (Å²) in [6, 6.07) is 7.93. The first-order valence-corrected chi connectivity index (χ1v) is 8.10. The molecule has 0 amide bonds. The van der Waals surface area contributed by atoms with Crippen molar-refractivity contribution in [2.75, 3.05) is 43.1 Å². The smallest absolute Gasteiger partial charge is 0.328 e. The minimum atomic E-state index is -0.279. The van der Waals surface area contributed by atoms with E-state index in [1.54, 1.807) is 0 Å². The fourth-order valence-electron chi connectivity index (χ4n) is 2.57. The van der Waals surface area contributed by atoms with Gasteiger partial charge in [-0.25, -0.2) is 4.79 Å². The van der Waals surface area contributed by atoms with Crippen LogP contribution in [-0.4, -0.2) is 44.9 Å². The van der Waals surface area contributed by atoms with Gasteiger partial charge in [0.25, 0.3) is 0 Å². The molecule has 2 rings (SSSR count). The summed E-state index contributed by atoms with van der Waals surface area (Å²) in [5.74, 6) is -0.179. The van der Waals surface area contributed by atoms with Gasteiger partial charge in [-0.3, -0.25) is 0 Å². The van der Waals surface area contributed by atoms with Crippen LogP contribution < -0.4 is 10.2 Å². The van der Waals surface area contributed by atoms with E-state index < -0.39 is 0 Å². The Labute approximate surface area is 132 Å². The van der Waals surface area contributed by atoms with E-state index in [0.29, 0.717) is 6.61 Å². The number of ether oxygens (including phenoxy) is 2. The van der Waals surface area contributed by atoms with Gasteiger partial charge in [-0.05, 0) is 37.6 Å². The molecule has 1 N–H and O–H groups in total. The van der Waals surface area contributed by atoms with E-state index in [1.165, 1.54) is 5.69 Å². The lowest BCUT2D eigenvalue weighted by Gasteiger charge is -2.29. The zero-order valence-corrected chi connectivity index (χ0v) is 13.5. The van der Waals surface area contributed by atoms with Crippen molar-refractivity contribution in [3.8, 4) is 0 Å². The number of carbonyl (C=O) groups excluding carboxylic acids is 1. The number of benzene rings is 1. The highest BCUT2D eigenvalue weighted by molar-refractivity contribution is 5.79. The molecule has 5 nitrogen and oxygen atoms in total. The Morgan fingerprint density at radius 3 is 2.55 bits per heavy atom. The Balaban J connectivity index is 1.97. The molecule has 1 aromatic carbocycles. The molecule has 0 spiro atoms. The van der Waals surface area contributed by atoms with Crippen molar-refractivity contribution in [3.63, 3.8) is 0 Å². The van der Waals surface area contributed by atoms with Crippen molar-refractivity contribution < 1.29 is 14.3 Å². The number of rotatable bonds is 7. The Morgan fingerprint density at radius 2 is 1.95 bits per heavy atom. The van der Waals surface area contributed by atoms with Crippen molar-refractivity contribution >= 4 is 17.3 Å². The number of hydrogen-bond donors (Lipinski definition) is 1. The topological polar surface area (TPSA) is 50.8 Å². The van der Waals surface area contributed by atoms with Gasteiger partial charge in [-0.15, -0.1) is 0 Å². The predicted molar refractivity (Wildman–Crippen MR) is 88.4 cm³/mol. The van der Waals surface area contributed by atoms with Crippen molar-refractivity contribution in [2.45, 2.75) is 32.7 Å². The van der Waals surface area contributed by atoms with Gasteiger partial charge in [0.1, 0.15) is 6.04 Å². The number of esters is 1. The van der Waals surface area contributed by atoms with Crippen LogP contribution in [0.3, 0.4) is 0 Å². The van der Waals surface area contributed by atoms with E-state index in [-0.39, 0.29) is 12.0 Å². The Kier molecular flexibility index (Phi) is 6.52. The van der Waals surface area contributed by atoms with Crippen LogP contribution in [0.1, 0.15) is 26.7 Å². The number of nitrogens with zero attached hydrogens (tertiary/aromatic N) is 1. The molecule has 1 fully saturated rings. The molecule has 5 heteroatoms. The summed E-state index contributed by atoms with van der Waals surface area (Å²) in [6.07, 6.45) is 1.70. The van der Waals surface area contributed by atoms with Gasteiger partial charge in [0, 0.05) is 24.5 Å². The number of nitrogens with one attached hydrogen (secondary N) is 1. The maximum atomic E-state index is 11.9. The van der Waals surface area contributed by atoms with E-state index in [9.17, 15) is 4.79 Å². The van der Waals surface area contributed by atoms with Gasteiger partial charge >= 0.3 is 5.97 Å². The summed E-state index contributed by atoms with van der Waals surface area (Å²) in [4.78, 5) is 14.3. The fourth-order valence-corrected chi connectivity index (χ4v) is 2.57. The van der Waals surface area contributed by atoms with Crippen LogP contribution >= 0.6 is 0 Å². The summed E-state index contributed by atoms with van der Waals surface area (Å²) in [7, 11) is 0. The van der Waals surface area contributed by atoms with Crippen molar-refractivity contribution in [1.82, 2.24) is 0 Å². The normalized spacial score (nSPS) is 16.2. The molecule has 1 aromatic rings. The van der Waals surface area contributed by atoms with Crippen LogP contribution in [0, 0.1) is 0 Å². The first-order chi connectivity index (χ1) is 10.7. The average molecular weight is 306 g/mol. The fraction of sp³-hybridized carbons (Fsp3) is 0.588. The van der Waals surface area contributed by atoms with Crippen LogP contribution in [0.25, 0.3) is 0 Å². The highest BCUT2D eigenvalue weighted by Crippen LogP contribution is 2.20. The number of morpholine rings is 1. The third-order valence-corrected chi connectivity index (χ3v) is 3.73. The second-order valence-electron chi connectivity index (χ2n) is 5.38. The van der Waals surface area contributed by atoms with Gasteiger partial charge in [0.2, 0.25) is 0 Å². The average Bonchev–Trinajstić information content (AvgIpc) is 2.56. The largest absolute Gasteiger partial charge is 0.464 e. The molecular formula is C17H26N2O3. The molecular weight excluding hydrogens is 280 g/mol. The molecule has 1 unspecified atom stereocenters. The van der Waals surface area contributed by atoms with Crippen LogP contribution in [0.4, 0.5) is 11.4 Å². The number of carbonyl (C=O) groups is 1. The third-order valence-electron chi connectivity index (χ3n) is 3.73. The molecule has 0 aliphatic carbocycles. The van der Waals surface area contributed by atoms with Crippen molar-refractivity contribution in [1.29, 1.82) is 0 Å². The molecule has 1 atom stereocenters. The van der Waals surface area contributed by atoms with E-state index in [0.717, 1.165) is 44.8 Å². The number of hydrogen-bond acceptors (Lipinski definition) is 5. The molecule has 122 valence electrons. The molecule has 1 aliphatic heterocycles. The van der Waals surface area contributed by atoms with Gasteiger partial charge in [-0.1, -0.05) is 13.3 Å². The summed E-state index contributed by atoms with van der Waals surface area (Å²) in [5.41, 5.74) is 2.14. The lowest BCUT2D eigenvalue weighted by molar-refractivity contribution is -0.144. The molecule has 1 heterocycles. The monoisotopic (exact) mass is 306 g/mol. The van der Waals surface area contributed by atoms with E-state index >= 15 is 0 Å². The molecule has 0 saturated carbocycles. The molecule has 0 aromatic heterocycles. The SMILES string of the molecule is CCCC(Nc1ccc(N2CCOCC2)cc1)C(=O)OCC. The Morgan fingerprint density at radius 1 is 1.27 bits per heavy atom. The Bertz CT molecular complexity index is 455. The van der Waals surface area contributed by atoms with Gasteiger partial charge < -0.3 is 19.7 Å². The predicted octanol–water partition coefficient (Wildman–Crippen LogP) is 2.67. The second-order valence-corrected chi connectivity index (χ2v) is 5.38. The molecule has 0 bridgehead atoms. The zero-order valence-electron chi connectivity index (χ0n) is 13.5. The standard InChI is InChI=1S/C17H26N2O3/c1-3-5-16(17(20)22-4-2)18-14-6-8-15(9-7-14)19-10-12-21-13-11-19/h6-9,16,18H,3-5,10-13H2,1-2H3. The minimum Gasteiger partial charge on any atom is -0.464 e. The van der Waals surface area contributed by atoms with Gasteiger partial charge in [0.05, 0.1) is 19.8 Å². The van der Waals surface area contributed by atoms with Crippen LogP contribution in [0.2, 0.25) is 0 Å². The van der Waals surface area contributed by atoms with Crippen molar-refractivity contribution in [2.24, 2.45) is 0 Å². The summed E-state index contributed by atoms with van der Waals surface area (Å²) in [6.45, 7) is 7.72. The van der Waals surface area contributed by atoms with E-state index in [2.05, 4.69) is 29.3 Å². The van der Waals surface area contributed by atoms with E-state index in [1.807, 2.05) is 19.1 Å². The highest BCUT2D eigenvalue weighted by Gasteiger charge is 2.18. The molecule has 0 radical (unpaired) electrons. The van der Waals surface area contributed by atoms with Crippen LogP contribution in [0.5, 0.6) is 0 Å². The molecule has 1 aliphatic rings. The first kappa shape index (κ1) is 16.6. The lowest BCUT2D eigenvalue weighted by Crippen LogP contribution is -2.36. The van der Waals surface area contributed by atoms with Gasteiger partial charge in [-0.2, -0.15) is 0 Å².